The topological polar surface area (TPSA) is 52.6 Å². The normalized spacial score (nSPS) is 24.9. The van der Waals surface area contributed by atoms with Gasteiger partial charge in [-0.1, -0.05) is 40.5 Å². The van der Waals surface area contributed by atoms with Crippen LogP contribution < -0.4 is 0 Å². The Bertz CT molecular complexity index is 339. The average Bonchev–Trinajstić information content (AvgIpc) is 2.46. The lowest BCUT2D eigenvalue weighted by Gasteiger charge is -2.31. The van der Waals surface area contributed by atoms with Crippen LogP contribution in [0.1, 0.15) is 67.2 Å². The Balaban J connectivity index is 2.70. The van der Waals surface area contributed by atoms with Crippen LogP contribution in [0.15, 0.2) is 0 Å². The van der Waals surface area contributed by atoms with Crippen LogP contribution in [0.5, 0.6) is 0 Å². The molecule has 4 nitrogen and oxygen atoms in total. The summed E-state index contributed by atoms with van der Waals surface area (Å²) < 4.78 is 11.1. The van der Waals surface area contributed by atoms with Crippen LogP contribution in [0.2, 0.25) is 0 Å². The second-order valence-electron chi connectivity index (χ2n) is 7.27. The summed E-state index contributed by atoms with van der Waals surface area (Å²) in [6, 6.07) is 0. The van der Waals surface area contributed by atoms with Gasteiger partial charge in [0.1, 0.15) is 12.2 Å². The molecule has 1 saturated carbocycles. The molecule has 4 unspecified atom stereocenters. The zero-order chi connectivity index (χ0) is 16.9. The third-order valence-electron chi connectivity index (χ3n) is 4.85. The molecule has 0 N–H and O–H groups in total. The van der Waals surface area contributed by atoms with Gasteiger partial charge in [0.25, 0.3) is 0 Å². The smallest absolute Gasteiger partial charge is 0.310 e. The molecular weight excluding hydrogens is 280 g/mol. The molecule has 0 spiro atoms. The maximum absolute atomic E-state index is 12.4. The van der Waals surface area contributed by atoms with E-state index in [1.165, 1.54) is 0 Å². The van der Waals surface area contributed by atoms with Crippen LogP contribution in [0.3, 0.4) is 0 Å². The van der Waals surface area contributed by atoms with E-state index in [2.05, 4.69) is 0 Å². The first-order chi connectivity index (χ1) is 10.2. The molecule has 0 saturated heterocycles. The molecule has 0 aromatic carbocycles. The maximum atomic E-state index is 12.4. The molecule has 1 aliphatic rings. The molecule has 0 aromatic rings. The second-order valence-corrected chi connectivity index (χ2v) is 7.27. The lowest BCUT2D eigenvalue weighted by molar-refractivity contribution is -0.170. The number of hydrogen-bond acceptors (Lipinski definition) is 4. The summed E-state index contributed by atoms with van der Waals surface area (Å²) in [6.45, 7) is 11.9. The van der Waals surface area contributed by atoms with Crippen LogP contribution in [0.4, 0.5) is 0 Å². The van der Waals surface area contributed by atoms with Crippen molar-refractivity contribution in [3.05, 3.63) is 0 Å². The number of carbonyl (C=O) groups is 2. The van der Waals surface area contributed by atoms with Crippen molar-refractivity contribution in [2.24, 2.45) is 23.7 Å². The van der Waals surface area contributed by atoms with Gasteiger partial charge >= 0.3 is 11.9 Å². The molecule has 4 atom stereocenters. The monoisotopic (exact) mass is 312 g/mol. The Morgan fingerprint density at radius 1 is 0.727 bits per heavy atom. The Labute approximate surface area is 134 Å². The Kier molecular flexibility index (Phi) is 7.37. The van der Waals surface area contributed by atoms with E-state index < -0.39 is 0 Å². The van der Waals surface area contributed by atoms with E-state index in [4.69, 9.17) is 9.47 Å². The standard InChI is InChI=1S/C18H32O4/c1-11(2)13(5)21-17(19)15-9-7-8-10-16(15)18(20)22-14(6)12(3)4/h11-16H,7-10H2,1-6H3. The fourth-order valence-electron chi connectivity index (χ4n) is 2.51. The number of esters is 2. The highest BCUT2D eigenvalue weighted by Crippen LogP contribution is 2.33. The molecule has 0 bridgehead atoms. The predicted octanol–water partition coefficient (Wildman–Crippen LogP) is 3.97. The SMILES string of the molecule is CC(C)C(C)OC(=O)C1CCCCC1C(=O)OC(C)C(C)C. The Hall–Kier alpha value is -1.06. The van der Waals surface area contributed by atoms with E-state index >= 15 is 0 Å². The van der Waals surface area contributed by atoms with Crippen molar-refractivity contribution in [3.8, 4) is 0 Å². The van der Waals surface area contributed by atoms with E-state index in [1.807, 2.05) is 41.5 Å². The molecule has 4 heteroatoms. The molecule has 0 amide bonds. The van der Waals surface area contributed by atoms with E-state index in [0.717, 1.165) is 25.7 Å². The minimum atomic E-state index is -0.346. The zero-order valence-corrected chi connectivity index (χ0v) is 14.9. The number of rotatable bonds is 6. The van der Waals surface area contributed by atoms with Gasteiger partial charge in [0.2, 0.25) is 0 Å². The largest absolute Gasteiger partial charge is 0.462 e. The summed E-state index contributed by atoms with van der Waals surface area (Å²) in [7, 11) is 0. The van der Waals surface area contributed by atoms with E-state index in [9.17, 15) is 9.59 Å². The van der Waals surface area contributed by atoms with Gasteiger partial charge < -0.3 is 9.47 Å². The van der Waals surface area contributed by atoms with Gasteiger partial charge in [-0.25, -0.2) is 0 Å². The van der Waals surface area contributed by atoms with Crippen molar-refractivity contribution in [2.45, 2.75) is 79.4 Å². The molecule has 1 aliphatic carbocycles. The first kappa shape index (κ1) is 19.0. The van der Waals surface area contributed by atoms with Gasteiger partial charge in [0.05, 0.1) is 11.8 Å². The van der Waals surface area contributed by atoms with Crippen molar-refractivity contribution in [1.29, 1.82) is 0 Å². The fraction of sp³-hybridized carbons (Fsp3) is 0.889. The third kappa shape index (κ3) is 5.29. The van der Waals surface area contributed by atoms with Gasteiger partial charge in [0, 0.05) is 0 Å². The summed E-state index contributed by atoms with van der Waals surface area (Å²) in [5, 5.41) is 0. The summed E-state index contributed by atoms with van der Waals surface area (Å²) in [5.74, 6) is -0.610. The molecule has 0 heterocycles. The molecule has 22 heavy (non-hydrogen) atoms. The first-order valence-corrected chi connectivity index (χ1v) is 8.65. The molecule has 1 rings (SSSR count). The van der Waals surface area contributed by atoms with Crippen molar-refractivity contribution >= 4 is 11.9 Å². The molecular formula is C18H32O4. The highest BCUT2D eigenvalue weighted by atomic mass is 16.6. The summed E-state index contributed by atoms with van der Waals surface area (Å²) >= 11 is 0. The van der Waals surface area contributed by atoms with Crippen molar-refractivity contribution in [1.82, 2.24) is 0 Å². The van der Waals surface area contributed by atoms with E-state index in [1.54, 1.807) is 0 Å². The summed E-state index contributed by atoms with van der Waals surface area (Å²) in [5.41, 5.74) is 0. The molecule has 1 fully saturated rings. The van der Waals surface area contributed by atoms with Gasteiger partial charge in [-0.2, -0.15) is 0 Å². The molecule has 128 valence electrons. The van der Waals surface area contributed by atoms with Crippen LogP contribution in [-0.2, 0) is 19.1 Å². The number of carbonyl (C=O) groups excluding carboxylic acids is 2. The average molecular weight is 312 g/mol. The van der Waals surface area contributed by atoms with E-state index in [-0.39, 0.29) is 47.8 Å². The third-order valence-corrected chi connectivity index (χ3v) is 4.85. The number of ether oxygens (including phenoxy) is 2. The van der Waals surface area contributed by atoms with Crippen LogP contribution in [0.25, 0.3) is 0 Å². The molecule has 0 aromatic heterocycles. The zero-order valence-electron chi connectivity index (χ0n) is 14.9. The number of hydrogen-bond donors (Lipinski definition) is 0. The quantitative estimate of drug-likeness (QED) is 0.696. The predicted molar refractivity (Wildman–Crippen MR) is 86.2 cm³/mol. The molecule has 0 radical (unpaired) electrons. The van der Waals surface area contributed by atoms with Gasteiger partial charge in [-0.3, -0.25) is 9.59 Å². The van der Waals surface area contributed by atoms with Crippen molar-refractivity contribution < 1.29 is 19.1 Å². The highest BCUT2D eigenvalue weighted by Gasteiger charge is 2.39. The van der Waals surface area contributed by atoms with Crippen molar-refractivity contribution in [3.63, 3.8) is 0 Å². The fourth-order valence-corrected chi connectivity index (χ4v) is 2.51. The minimum Gasteiger partial charge on any atom is -0.462 e. The summed E-state index contributed by atoms with van der Waals surface area (Å²) in [6.07, 6.45) is 3.14. The van der Waals surface area contributed by atoms with Crippen LogP contribution >= 0.6 is 0 Å². The summed E-state index contributed by atoms with van der Waals surface area (Å²) in [4.78, 5) is 24.8. The van der Waals surface area contributed by atoms with E-state index in [0.29, 0.717) is 0 Å². The lowest BCUT2D eigenvalue weighted by atomic mass is 9.79. The minimum absolute atomic E-state index is 0.124. The Morgan fingerprint density at radius 3 is 1.32 bits per heavy atom. The lowest BCUT2D eigenvalue weighted by Crippen LogP contribution is -2.38. The molecule has 0 aliphatic heterocycles. The van der Waals surface area contributed by atoms with Gasteiger partial charge in [-0.15, -0.1) is 0 Å². The van der Waals surface area contributed by atoms with Gasteiger partial charge in [0.15, 0.2) is 0 Å². The van der Waals surface area contributed by atoms with Crippen LogP contribution in [0, 0.1) is 23.7 Å². The van der Waals surface area contributed by atoms with Crippen LogP contribution in [-0.4, -0.2) is 24.1 Å². The van der Waals surface area contributed by atoms with Crippen molar-refractivity contribution in [2.75, 3.05) is 0 Å². The maximum Gasteiger partial charge on any atom is 0.310 e. The highest BCUT2D eigenvalue weighted by molar-refractivity contribution is 5.82. The van der Waals surface area contributed by atoms with Gasteiger partial charge in [-0.05, 0) is 38.5 Å². The first-order valence-electron chi connectivity index (χ1n) is 8.65. The Morgan fingerprint density at radius 2 is 1.05 bits per heavy atom. The second kappa shape index (κ2) is 8.54.